The molecule has 0 radical (unpaired) electrons. The van der Waals surface area contributed by atoms with E-state index in [0.29, 0.717) is 18.1 Å². The maximum absolute atomic E-state index is 12.4. The minimum atomic E-state index is -0.0684. The Balaban J connectivity index is 1.33. The van der Waals surface area contributed by atoms with Crippen LogP contribution in [0, 0.1) is 13.8 Å². The number of amides is 2. The van der Waals surface area contributed by atoms with Gasteiger partial charge in [-0.2, -0.15) is 0 Å². The first-order chi connectivity index (χ1) is 12.6. The molecule has 0 aliphatic carbocycles. The maximum atomic E-state index is 12.4. The molecule has 4 nitrogen and oxygen atoms in total. The van der Waals surface area contributed by atoms with Crippen molar-refractivity contribution in [1.82, 2.24) is 5.32 Å². The molecule has 3 heterocycles. The van der Waals surface area contributed by atoms with Gasteiger partial charge in [0.1, 0.15) is 6.54 Å². The Hall–Kier alpha value is -1.85. The van der Waals surface area contributed by atoms with E-state index in [9.17, 15) is 4.79 Å². The summed E-state index contributed by atoms with van der Waals surface area (Å²) in [6, 6.07) is 12.1. The van der Waals surface area contributed by atoms with Gasteiger partial charge in [0, 0.05) is 37.4 Å². The lowest BCUT2D eigenvalue weighted by molar-refractivity contribution is -0.954. The van der Waals surface area contributed by atoms with Gasteiger partial charge < -0.3 is 15.5 Å². The van der Waals surface area contributed by atoms with Gasteiger partial charge in [-0.25, -0.2) is 4.79 Å². The van der Waals surface area contributed by atoms with Crippen molar-refractivity contribution in [3.63, 3.8) is 0 Å². The van der Waals surface area contributed by atoms with Crippen LogP contribution >= 0.6 is 11.3 Å². The van der Waals surface area contributed by atoms with Crippen LogP contribution in [0.2, 0.25) is 0 Å². The number of benzene rings is 1. The fourth-order valence-corrected chi connectivity index (χ4v) is 5.59. The molecule has 2 saturated heterocycles. The van der Waals surface area contributed by atoms with E-state index in [0.717, 1.165) is 25.1 Å². The van der Waals surface area contributed by atoms with Crippen LogP contribution in [0.3, 0.4) is 0 Å². The Morgan fingerprint density at radius 1 is 1.15 bits per heavy atom. The summed E-state index contributed by atoms with van der Waals surface area (Å²) in [5, 5.41) is 8.41. The third-order valence-corrected chi connectivity index (χ3v) is 6.70. The van der Waals surface area contributed by atoms with Gasteiger partial charge in [-0.1, -0.05) is 12.1 Å². The number of aryl methyl sites for hydroxylation is 2. The monoisotopic (exact) mass is 370 g/mol. The number of piperidine rings is 1. The molecule has 2 fully saturated rings. The average molecular weight is 371 g/mol. The summed E-state index contributed by atoms with van der Waals surface area (Å²) < 4.78 is 0. The van der Waals surface area contributed by atoms with E-state index in [4.69, 9.17) is 0 Å². The number of fused-ring (bicyclic) bond motifs is 2. The predicted molar refractivity (Wildman–Crippen MR) is 107 cm³/mol. The van der Waals surface area contributed by atoms with Crippen molar-refractivity contribution in [3.8, 4) is 0 Å². The number of hydrogen-bond donors (Lipinski definition) is 3. The quantitative estimate of drug-likeness (QED) is 0.760. The first kappa shape index (κ1) is 17.6. The number of hydrogen-bond acceptors (Lipinski definition) is 2. The molecule has 4 rings (SSSR count). The summed E-state index contributed by atoms with van der Waals surface area (Å²) in [6.45, 7) is 5.26. The highest BCUT2D eigenvalue weighted by atomic mass is 32.1. The SMILES string of the molecule is Cc1cc(C)cc(NC(=O)NC2C[C@H]3CC[C@@H](C2)[NH+]3Cc2cccs2)c1. The Bertz CT molecular complexity index is 739. The standard InChI is InChI=1S/C21H27N3OS/c1-14-8-15(2)10-16(9-14)22-21(25)23-17-11-18-5-6-19(12-17)24(18)13-20-4-3-7-26-20/h3-4,7-10,17-19H,5-6,11-13H2,1-2H3,(H2,22,23,25)/p+1/t17?,18-,19+. The van der Waals surface area contributed by atoms with Crippen LogP contribution < -0.4 is 15.5 Å². The second-order valence-corrected chi connectivity index (χ2v) is 8.98. The van der Waals surface area contributed by atoms with Gasteiger partial charge in [0.25, 0.3) is 0 Å². The first-order valence-corrected chi connectivity index (χ1v) is 10.5. The highest BCUT2D eigenvalue weighted by Crippen LogP contribution is 2.24. The van der Waals surface area contributed by atoms with Gasteiger partial charge >= 0.3 is 6.03 Å². The number of nitrogens with one attached hydrogen (secondary N) is 3. The Labute approximate surface area is 159 Å². The Morgan fingerprint density at radius 2 is 1.85 bits per heavy atom. The molecule has 2 amide bonds. The van der Waals surface area contributed by atoms with Crippen molar-refractivity contribution in [3.05, 3.63) is 51.7 Å². The zero-order chi connectivity index (χ0) is 18.1. The van der Waals surface area contributed by atoms with E-state index >= 15 is 0 Å². The average Bonchev–Trinajstić information content (AvgIpc) is 3.14. The lowest BCUT2D eigenvalue weighted by atomic mass is 9.97. The van der Waals surface area contributed by atoms with Crippen molar-refractivity contribution < 1.29 is 9.69 Å². The predicted octanol–water partition coefficient (Wildman–Crippen LogP) is 3.26. The van der Waals surface area contributed by atoms with Gasteiger partial charge in [-0.05, 0) is 48.6 Å². The van der Waals surface area contributed by atoms with Gasteiger partial charge in [0.05, 0.1) is 17.0 Å². The molecule has 2 aliphatic heterocycles. The summed E-state index contributed by atoms with van der Waals surface area (Å²) in [5.74, 6) is 0. The summed E-state index contributed by atoms with van der Waals surface area (Å²) in [6.07, 6.45) is 4.78. The summed E-state index contributed by atoms with van der Waals surface area (Å²) >= 11 is 1.86. The summed E-state index contributed by atoms with van der Waals surface area (Å²) in [7, 11) is 0. The van der Waals surface area contributed by atoms with E-state index in [2.05, 4.69) is 48.1 Å². The van der Waals surface area contributed by atoms with Gasteiger partial charge in [-0.3, -0.25) is 0 Å². The van der Waals surface area contributed by atoms with E-state index < -0.39 is 0 Å². The summed E-state index contributed by atoms with van der Waals surface area (Å²) in [4.78, 5) is 15.7. The molecule has 2 aliphatic rings. The number of thiophene rings is 1. The van der Waals surface area contributed by atoms with Gasteiger partial charge in [-0.15, -0.1) is 11.3 Å². The molecular weight excluding hydrogens is 342 g/mol. The number of rotatable bonds is 4. The second kappa shape index (κ2) is 7.41. The molecule has 1 aromatic heterocycles. The largest absolute Gasteiger partial charge is 0.335 e. The molecule has 5 heteroatoms. The van der Waals surface area contributed by atoms with Crippen LogP contribution in [0.15, 0.2) is 35.7 Å². The molecule has 138 valence electrons. The molecule has 26 heavy (non-hydrogen) atoms. The maximum Gasteiger partial charge on any atom is 0.319 e. The minimum Gasteiger partial charge on any atom is -0.335 e. The molecule has 3 N–H and O–H groups in total. The highest BCUT2D eigenvalue weighted by molar-refractivity contribution is 7.09. The lowest BCUT2D eigenvalue weighted by Gasteiger charge is -2.36. The van der Waals surface area contributed by atoms with E-state index in [1.165, 1.54) is 28.8 Å². The fourth-order valence-electron chi connectivity index (χ4n) is 4.85. The van der Waals surface area contributed by atoms with Crippen molar-refractivity contribution in [2.24, 2.45) is 0 Å². The van der Waals surface area contributed by atoms with Crippen LogP contribution in [0.1, 0.15) is 41.7 Å². The molecule has 2 aromatic rings. The van der Waals surface area contributed by atoms with Crippen LogP contribution in [-0.2, 0) is 6.54 Å². The van der Waals surface area contributed by atoms with E-state index in [1.807, 2.05) is 23.5 Å². The van der Waals surface area contributed by atoms with Crippen molar-refractivity contribution in [2.45, 2.75) is 64.2 Å². The van der Waals surface area contributed by atoms with Gasteiger partial charge in [0.15, 0.2) is 0 Å². The molecule has 0 saturated carbocycles. The Kier molecular flexibility index (Phi) is 5.00. The molecular formula is C21H28N3OS+. The third kappa shape index (κ3) is 3.94. The van der Waals surface area contributed by atoms with Crippen molar-refractivity contribution in [2.75, 3.05) is 5.32 Å². The Morgan fingerprint density at radius 3 is 2.46 bits per heavy atom. The number of anilines is 1. The molecule has 4 atom stereocenters. The van der Waals surface area contributed by atoms with Crippen LogP contribution in [-0.4, -0.2) is 24.2 Å². The zero-order valence-corrected chi connectivity index (χ0v) is 16.4. The van der Waals surface area contributed by atoms with Crippen molar-refractivity contribution in [1.29, 1.82) is 0 Å². The number of carbonyl (C=O) groups excluding carboxylic acids is 1. The summed E-state index contributed by atoms with van der Waals surface area (Å²) in [5.41, 5.74) is 3.22. The minimum absolute atomic E-state index is 0.0684. The number of carbonyl (C=O) groups is 1. The molecule has 2 bridgehead atoms. The van der Waals surface area contributed by atoms with E-state index in [-0.39, 0.29) is 6.03 Å². The molecule has 0 spiro atoms. The normalized spacial score (nSPS) is 27.3. The fraction of sp³-hybridized carbons (Fsp3) is 0.476. The molecule has 2 unspecified atom stereocenters. The van der Waals surface area contributed by atoms with Crippen molar-refractivity contribution >= 4 is 23.1 Å². The smallest absolute Gasteiger partial charge is 0.319 e. The third-order valence-electron chi connectivity index (χ3n) is 5.82. The van der Waals surface area contributed by atoms with Crippen LogP contribution in [0.25, 0.3) is 0 Å². The number of quaternary nitrogens is 1. The first-order valence-electron chi connectivity index (χ1n) is 9.60. The van der Waals surface area contributed by atoms with Crippen LogP contribution in [0.5, 0.6) is 0 Å². The number of urea groups is 1. The second-order valence-electron chi connectivity index (χ2n) is 7.95. The van der Waals surface area contributed by atoms with Gasteiger partial charge in [0.2, 0.25) is 0 Å². The van der Waals surface area contributed by atoms with Crippen LogP contribution in [0.4, 0.5) is 10.5 Å². The topological polar surface area (TPSA) is 45.6 Å². The highest BCUT2D eigenvalue weighted by Gasteiger charge is 2.44. The zero-order valence-electron chi connectivity index (χ0n) is 15.5. The van der Waals surface area contributed by atoms with E-state index in [1.54, 1.807) is 4.90 Å². The molecule has 1 aromatic carbocycles. The lowest BCUT2D eigenvalue weighted by Crippen LogP contribution is -3.17.